The molecule has 0 heterocycles. The maximum absolute atomic E-state index is 13.3. The monoisotopic (exact) mass is 558 g/mol. The maximum Gasteiger partial charge on any atom is 0.326 e. The largest absolute Gasteiger partial charge is 0.508 e. The molecule has 0 fully saturated rings. The summed E-state index contributed by atoms with van der Waals surface area (Å²) in [5.41, 5.74) is 7.15. The fourth-order valence-corrected chi connectivity index (χ4v) is 3.85. The van der Waals surface area contributed by atoms with Crippen LogP contribution in [0.15, 0.2) is 48.5 Å². The van der Waals surface area contributed by atoms with E-state index in [1.807, 2.05) is 6.92 Å². The molecule has 0 aromatic heterocycles. The van der Waals surface area contributed by atoms with Gasteiger partial charge in [0.2, 0.25) is 17.7 Å². The molecule has 3 amide bonds. The van der Waals surface area contributed by atoms with Gasteiger partial charge in [0, 0.05) is 12.8 Å². The Morgan fingerprint density at radius 3 is 1.62 bits per heavy atom. The highest BCUT2D eigenvalue weighted by Crippen LogP contribution is 2.14. The van der Waals surface area contributed by atoms with Crippen molar-refractivity contribution in [1.29, 1.82) is 0 Å². The summed E-state index contributed by atoms with van der Waals surface area (Å²) in [5, 5.41) is 46.3. The topological polar surface area (TPSA) is 211 Å². The zero-order chi connectivity index (χ0) is 30.0. The highest BCUT2D eigenvalue weighted by Gasteiger charge is 2.33. The number of rotatable bonds is 14. The molecule has 40 heavy (non-hydrogen) atoms. The van der Waals surface area contributed by atoms with Crippen LogP contribution in [0.5, 0.6) is 11.5 Å². The molecule has 0 radical (unpaired) electrons. The average Bonchev–Trinajstić information content (AvgIpc) is 2.91. The van der Waals surface area contributed by atoms with Crippen molar-refractivity contribution in [3.05, 3.63) is 59.7 Å². The van der Waals surface area contributed by atoms with Gasteiger partial charge < -0.3 is 42.1 Å². The number of hydrogen-bond donors (Lipinski definition) is 8. The molecule has 0 saturated carbocycles. The van der Waals surface area contributed by atoms with E-state index in [0.29, 0.717) is 17.5 Å². The van der Waals surface area contributed by atoms with Crippen molar-refractivity contribution in [3.8, 4) is 11.5 Å². The molecule has 0 aliphatic rings. The zero-order valence-corrected chi connectivity index (χ0v) is 22.7. The van der Waals surface area contributed by atoms with Crippen molar-refractivity contribution < 1.29 is 39.6 Å². The lowest BCUT2D eigenvalue weighted by atomic mass is 9.98. The number of carboxylic acid groups (broad SMARTS) is 1. The molecule has 0 bridgehead atoms. The standard InChI is InChI=1S/C28H38N4O8/c1-4-15(2)23(29)26(37)30-21(13-17-5-9-19(34)10-6-17)25(36)32-24(16(3)33)27(38)31-22(28(39)40)14-18-7-11-20(35)12-8-18/h5-12,15-16,21-24,33-35H,4,13-14,29H2,1-3H3,(H,30,37)(H,31,38)(H,32,36)(H,39,40)/t15-,16+,21-,22-,23-,24-/m0/s1. The van der Waals surface area contributed by atoms with Crippen LogP contribution in [0.3, 0.4) is 0 Å². The van der Waals surface area contributed by atoms with E-state index in [9.17, 15) is 39.6 Å². The summed E-state index contributed by atoms with van der Waals surface area (Å²) in [5.74, 6) is -3.83. The number of amides is 3. The first-order chi connectivity index (χ1) is 18.8. The summed E-state index contributed by atoms with van der Waals surface area (Å²) in [6.45, 7) is 4.92. The number of aliphatic hydroxyl groups excluding tert-OH is 1. The van der Waals surface area contributed by atoms with Gasteiger partial charge in [0.05, 0.1) is 12.1 Å². The van der Waals surface area contributed by atoms with E-state index in [0.717, 1.165) is 0 Å². The van der Waals surface area contributed by atoms with Gasteiger partial charge in [0.25, 0.3) is 0 Å². The Balaban J connectivity index is 2.22. The number of aliphatic carboxylic acids is 1. The van der Waals surface area contributed by atoms with E-state index in [1.165, 1.54) is 43.3 Å². The van der Waals surface area contributed by atoms with Crippen LogP contribution in [-0.2, 0) is 32.0 Å². The molecular formula is C28H38N4O8. The predicted octanol–water partition coefficient (Wildman–Crippen LogP) is 0.176. The molecule has 2 aromatic rings. The van der Waals surface area contributed by atoms with Crippen molar-refractivity contribution >= 4 is 23.7 Å². The molecule has 0 saturated heterocycles. The Hall–Kier alpha value is -4.16. The Labute approximate surface area is 232 Å². The van der Waals surface area contributed by atoms with Crippen LogP contribution < -0.4 is 21.7 Å². The first-order valence-electron chi connectivity index (χ1n) is 13.0. The molecule has 2 rings (SSSR count). The normalized spacial score (nSPS) is 15.5. The third kappa shape index (κ3) is 9.54. The number of nitrogens with two attached hydrogens (primary N) is 1. The molecule has 6 atom stereocenters. The average molecular weight is 559 g/mol. The van der Waals surface area contributed by atoms with Crippen molar-refractivity contribution in [2.45, 2.75) is 70.3 Å². The summed E-state index contributed by atoms with van der Waals surface area (Å²) < 4.78 is 0. The van der Waals surface area contributed by atoms with Gasteiger partial charge in [-0.2, -0.15) is 0 Å². The third-order valence-corrected chi connectivity index (χ3v) is 6.62. The molecule has 12 nitrogen and oxygen atoms in total. The van der Waals surface area contributed by atoms with Gasteiger partial charge in [-0.3, -0.25) is 14.4 Å². The minimum atomic E-state index is -1.54. The van der Waals surface area contributed by atoms with Crippen LogP contribution in [0.2, 0.25) is 0 Å². The number of aliphatic hydroxyl groups is 1. The summed E-state index contributed by atoms with van der Waals surface area (Å²) in [7, 11) is 0. The number of phenols is 2. The number of carbonyl (C=O) groups excluding carboxylic acids is 3. The third-order valence-electron chi connectivity index (χ3n) is 6.62. The summed E-state index contributed by atoms with van der Waals surface area (Å²) in [6.07, 6.45) is -0.922. The fraction of sp³-hybridized carbons (Fsp3) is 0.429. The molecule has 0 spiro atoms. The summed E-state index contributed by atoms with van der Waals surface area (Å²) in [6, 6.07) is 6.71. The van der Waals surface area contributed by atoms with E-state index in [4.69, 9.17) is 5.73 Å². The Morgan fingerprint density at radius 1 is 0.750 bits per heavy atom. The maximum atomic E-state index is 13.3. The SMILES string of the molecule is CC[C@H](C)[C@H](N)C(=O)N[C@@H](Cc1ccc(O)cc1)C(=O)N[C@H](C(=O)N[C@@H](Cc1ccc(O)cc1)C(=O)O)[C@@H](C)O. The fourth-order valence-electron chi connectivity index (χ4n) is 3.85. The van der Waals surface area contributed by atoms with Gasteiger partial charge in [-0.1, -0.05) is 44.5 Å². The highest BCUT2D eigenvalue weighted by molar-refractivity contribution is 5.94. The lowest BCUT2D eigenvalue weighted by molar-refractivity contribution is -0.143. The van der Waals surface area contributed by atoms with Gasteiger partial charge in [0.15, 0.2) is 0 Å². The molecular weight excluding hydrogens is 520 g/mol. The van der Waals surface area contributed by atoms with Crippen LogP contribution in [0.1, 0.15) is 38.3 Å². The van der Waals surface area contributed by atoms with Crippen molar-refractivity contribution in [3.63, 3.8) is 0 Å². The summed E-state index contributed by atoms with van der Waals surface area (Å²) in [4.78, 5) is 51.0. The Bertz CT molecular complexity index is 1150. The van der Waals surface area contributed by atoms with E-state index in [1.54, 1.807) is 19.1 Å². The second-order valence-electron chi connectivity index (χ2n) is 9.84. The zero-order valence-electron chi connectivity index (χ0n) is 22.7. The number of carboxylic acids is 1. The molecule has 0 aliphatic carbocycles. The van der Waals surface area contributed by atoms with Gasteiger partial charge in [-0.25, -0.2) is 4.79 Å². The molecule has 0 aliphatic heterocycles. The number of benzene rings is 2. The molecule has 9 N–H and O–H groups in total. The number of aromatic hydroxyl groups is 2. The first-order valence-corrected chi connectivity index (χ1v) is 13.0. The number of nitrogens with one attached hydrogen (secondary N) is 3. The van der Waals surface area contributed by atoms with Crippen LogP contribution in [0.4, 0.5) is 0 Å². The Kier molecular flexibility index (Phi) is 11.9. The van der Waals surface area contributed by atoms with E-state index >= 15 is 0 Å². The van der Waals surface area contributed by atoms with Crippen LogP contribution in [0.25, 0.3) is 0 Å². The van der Waals surface area contributed by atoms with Crippen LogP contribution >= 0.6 is 0 Å². The molecule has 2 aromatic carbocycles. The predicted molar refractivity (Wildman–Crippen MR) is 146 cm³/mol. The van der Waals surface area contributed by atoms with E-state index < -0.39 is 54.0 Å². The quantitative estimate of drug-likeness (QED) is 0.159. The first kappa shape index (κ1) is 32.1. The second kappa shape index (κ2) is 14.8. The van der Waals surface area contributed by atoms with Gasteiger partial charge in [-0.15, -0.1) is 0 Å². The molecule has 218 valence electrons. The lowest BCUT2D eigenvalue weighted by Gasteiger charge is -2.27. The number of carbonyl (C=O) groups is 4. The Morgan fingerprint density at radius 2 is 1.20 bits per heavy atom. The van der Waals surface area contributed by atoms with Crippen LogP contribution in [-0.4, -0.2) is 74.4 Å². The molecule has 0 unspecified atom stereocenters. The second-order valence-corrected chi connectivity index (χ2v) is 9.84. The lowest BCUT2D eigenvalue weighted by Crippen LogP contribution is -2.60. The number of phenolic OH excluding ortho intramolecular Hbond substituents is 2. The van der Waals surface area contributed by atoms with Crippen molar-refractivity contribution in [2.24, 2.45) is 11.7 Å². The molecule has 12 heteroatoms. The van der Waals surface area contributed by atoms with Gasteiger partial charge >= 0.3 is 5.97 Å². The highest BCUT2D eigenvalue weighted by atomic mass is 16.4. The number of hydrogen-bond acceptors (Lipinski definition) is 8. The van der Waals surface area contributed by atoms with Crippen molar-refractivity contribution in [2.75, 3.05) is 0 Å². The van der Waals surface area contributed by atoms with Crippen molar-refractivity contribution in [1.82, 2.24) is 16.0 Å². The minimum Gasteiger partial charge on any atom is -0.508 e. The van der Waals surface area contributed by atoms with E-state index in [2.05, 4.69) is 16.0 Å². The van der Waals surface area contributed by atoms with Gasteiger partial charge in [-0.05, 0) is 48.2 Å². The van der Waals surface area contributed by atoms with Crippen LogP contribution in [0, 0.1) is 5.92 Å². The summed E-state index contributed by atoms with van der Waals surface area (Å²) >= 11 is 0. The van der Waals surface area contributed by atoms with Gasteiger partial charge in [0.1, 0.15) is 29.6 Å². The van der Waals surface area contributed by atoms with E-state index in [-0.39, 0.29) is 30.3 Å². The minimum absolute atomic E-state index is 0.00407. The smallest absolute Gasteiger partial charge is 0.326 e.